The van der Waals surface area contributed by atoms with Gasteiger partial charge in [-0.15, -0.1) is 0 Å². The summed E-state index contributed by atoms with van der Waals surface area (Å²) in [5, 5.41) is 4.72. The van der Waals surface area contributed by atoms with Crippen LogP contribution in [0.15, 0.2) is 70.0 Å². The number of nitrogens with one attached hydrogen (secondary N) is 1. The lowest BCUT2D eigenvalue weighted by Gasteiger charge is -2.05. The van der Waals surface area contributed by atoms with Crippen LogP contribution in [0.4, 0.5) is 0 Å². The predicted molar refractivity (Wildman–Crippen MR) is 101 cm³/mol. The highest BCUT2D eigenvalue weighted by atomic mass is 16.4. The van der Waals surface area contributed by atoms with Crippen molar-refractivity contribution in [1.82, 2.24) is 9.88 Å². The number of benzene rings is 2. The normalized spacial score (nSPS) is 11.1. The van der Waals surface area contributed by atoms with Crippen LogP contribution in [0.1, 0.15) is 15.9 Å². The van der Waals surface area contributed by atoms with E-state index in [-0.39, 0.29) is 5.56 Å². The summed E-state index contributed by atoms with van der Waals surface area (Å²) in [4.78, 5) is 24.4. The highest BCUT2D eigenvalue weighted by Crippen LogP contribution is 2.20. The van der Waals surface area contributed by atoms with Gasteiger partial charge in [0.05, 0.1) is 0 Å². The van der Waals surface area contributed by atoms with E-state index in [4.69, 9.17) is 4.42 Å². The zero-order valence-corrected chi connectivity index (χ0v) is 14.4. The summed E-state index contributed by atoms with van der Waals surface area (Å²) in [7, 11) is 2.00. The topological polar surface area (TPSA) is 64.2 Å². The molecule has 130 valence electrons. The molecule has 1 amide bonds. The fourth-order valence-electron chi connectivity index (χ4n) is 3.25. The Hall–Kier alpha value is -3.34. The van der Waals surface area contributed by atoms with E-state index in [1.165, 1.54) is 5.39 Å². The molecule has 5 nitrogen and oxygen atoms in total. The first-order valence-electron chi connectivity index (χ1n) is 8.47. The van der Waals surface area contributed by atoms with Crippen LogP contribution < -0.4 is 10.9 Å². The fraction of sp³-hybridized carbons (Fsp3) is 0.143. The predicted octanol–water partition coefficient (Wildman–Crippen LogP) is 3.26. The van der Waals surface area contributed by atoms with Gasteiger partial charge >= 0.3 is 5.63 Å². The summed E-state index contributed by atoms with van der Waals surface area (Å²) in [6, 6.07) is 16.9. The molecule has 0 saturated carbocycles. The van der Waals surface area contributed by atoms with Crippen LogP contribution in [0.5, 0.6) is 0 Å². The van der Waals surface area contributed by atoms with Crippen molar-refractivity contribution in [3.63, 3.8) is 0 Å². The maximum atomic E-state index is 12.4. The minimum absolute atomic E-state index is 0.0293. The Bertz CT molecular complexity index is 1170. The SMILES string of the molecule is Cn1cc(CCNC(=O)c2cc3ccccc3oc2=O)c2ccccc21. The summed E-state index contributed by atoms with van der Waals surface area (Å²) in [6.45, 7) is 0.444. The number of rotatable bonds is 4. The van der Waals surface area contributed by atoms with Crippen LogP contribution in [0.25, 0.3) is 21.9 Å². The molecule has 0 fully saturated rings. The largest absolute Gasteiger partial charge is 0.422 e. The number of para-hydroxylation sites is 2. The molecule has 0 radical (unpaired) electrons. The third-order valence-electron chi connectivity index (χ3n) is 4.55. The van der Waals surface area contributed by atoms with E-state index >= 15 is 0 Å². The van der Waals surface area contributed by atoms with E-state index in [0.717, 1.165) is 16.5 Å². The van der Waals surface area contributed by atoms with Gasteiger partial charge in [-0.25, -0.2) is 4.79 Å². The first-order chi connectivity index (χ1) is 12.6. The third kappa shape index (κ3) is 2.88. The van der Waals surface area contributed by atoms with Crippen LogP contribution in [-0.4, -0.2) is 17.0 Å². The number of hydrogen-bond donors (Lipinski definition) is 1. The molecule has 0 aliphatic rings. The lowest BCUT2D eigenvalue weighted by molar-refractivity contribution is 0.0950. The minimum atomic E-state index is -0.619. The highest BCUT2D eigenvalue weighted by Gasteiger charge is 2.13. The van der Waals surface area contributed by atoms with Gasteiger partial charge in [0.1, 0.15) is 11.1 Å². The molecule has 0 atom stereocenters. The van der Waals surface area contributed by atoms with Gasteiger partial charge in [0.2, 0.25) is 0 Å². The number of aryl methyl sites for hydroxylation is 1. The molecule has 0 bridgehead atoms. The van der Waals surface area contributed by atoms with Gasteiger partial charge in [-0.1, -0.05) is 36.4 Å². The van der Waals surface area contributed by atoms with Crippen LogP contribution in [0, 0.1) is 0 Å². The Labute approximate surface area is 149 Å². The summed E-state index contributed by atoms with van der Waals surface area (Å²) in [5.74, 6) is -0.412. The maximum absolute atomic E-state index is 12.4. The van der Waals surface area contributed by atoms with Gasteiger partial charge in [0.15, 0.2) is 0 Å². The second-order valence-electron chi connectivity index (χ2n) is 6.27. The Morgan fingerprint density at radius 3 is 2.77 bits per heavy atom. The zero-order chi connectivity index (χ0) is 18.1. The van der Waals surface area contributed by atoms with Gasteiger partial charge in [0, 0.05) is 36.1 Å². The Morgan fingerprint density at radius 2 is 1.88 bits per heavy atom. The smallest absolute Gasteiger partial charge is 0.349 e. The standard InChI is InChI=1S/C21H18N2O3/c1-23-13-15(16-7-3-4-8-18(16)23)10-11-22-20(24)17-12-14-6-2-5-9-19(14)26-21(17)25/h2-9,12-13H,10-11H2,1H3,(H,22,24). The summed E-state index contributed by atoms with van der Waals surface area (Å²) in [6.07, 6.45) is 2.76. The lowest BCUT2D eigenvalue weighted by Crippen LogP contribution is -2.29. The van der Waals surface area contributed by atoms with Crippen molar-refractivity contribution in [2.24, 2.45) is 7.05 Å². The zero-order valence-electron chi connectivity index (χ0n) is 14.4. The van der Waals surface area contributed by atoms with Gasteiger partial charge in [-0.2, -0.15) is 0 Å². The van der Waals surface area contributed by atoms with Crippen LogP contribution in [0.3, 0.4) is 0 Å². The summed E-state index contributed by atoms with van der Waals surface area (Å²) in [5.41, 5.74) is 2.20. The first kappa shape index (κ1) is 16.1. The summed E-state index contributed by atoms with van der Waals surface area (Å²) < 4.78 is 7.29. The monoisotopic (exact) mass is 346 g/mol. The third-order valence-corrected chi connectivity index (χ3v) is 4.55. The number of carbonyl (C=O) groups excluding carboxylic acids is 1. The molecule has 4 rings (SSSR count). The molecule has 2 aromatic heterocycles. The average Bonchev–Trinajstić information content (AvgIpc) is 2.97. The van der Waals surface area contributed by atoms with Crippen molar-refractivity contribution in [2.45, 2.75) is 6.42 Å². The second kappa shape index (κ2) is 6.52. The summed E-state index contributed by atoms with van der Waals surface area (Å²) >= 11 is 0. The van der Waals surface area contributed by atoms with Crippen LogP contribution in [-0.2, 0) is 13.5 Å². The van der Waals surface area contributed by atoms with E-state index in [1.807, 2.05) is 31.3 Å². The number of carbonyl (C=O) groups is 1. The van der Waals surface area contributed by atoms with E-state index < -0.39 is 11.5 Å². The molecule has 5 heteroatoms. The van der Waals surface area contributed by atoms with Crippen LogP contribution >= 0.6 is 0 Å². The number of hydrogen-bond acceptors (Lipinski definition) is 3. The van der Waals surface area contributed by atoms with E-state index in [9.17, 15) is 9.59 Å². The number of fused-ring (bicyclic) bond motifs is 2. The first-order valence-corrected chi connectivity index (χ1v) is 8.47. The molecule has 0 unspecified atom stereocenters. The molecule has 0 spiro atoms. The molecule has 1 N–H and O–H groups in total. The molecule has 0 aliphatic carbocycles. The fourth-order valence-corrected chi connectivity index (χ4v) is 3.25. The van der Waals surface area contributed by atoms with Gasteiger partial charge in [-0.3, -0.25) is 4.79 Å². The Morgan fingerprint density at radius 1 is 1.12 bits per heavy atom. The van der Waals surface area contributed by atoms with E-state index in [1.54, 1.807) is 18.2 Å². The lowest BCUT2D eigenvalue weighted by atomic mass is 10.1. The molecule has 2 aromatic carbocycles. The quantitative estimate of drug-likeness (QED) is 0.577. The Kier molecular flexibility index (Phi) is 4.05. The van der Waals surface area contributed by atoms with Gasteiger partial charge in [-0.05, 0) is 30.2 Å². The molecule has 4 aromatic rings. The molecule has 0 aliphatic heterocycles. The van der Waals surface area contributed by atoms with Crippen molar-refractivity contribution >= 4 is 27.8 Å². The molecular weight excluding hydrogens is 328 g/mol. The molecule has 0 saturated heterocycles. The maximum Gasteiger partial charge on any atom is 0.349 e. The van der Waals surface area contributed by atoms with Crippen molar-refractivity contribution in [2.75, 3.05) is 6.54 Å². The second-order valence-corrected chi connectivity index (χ2v) is 6.27. The molecule has 2 heterocycles. The van der Waals surface area contributed by atoms with E-state index in [2.05, 4.69) is 28.2 Å². The minimum Gasteiger partial charge on any atom is -0.422 e. The van der Waals surface area contributed by atoms with Gasteiger partial charge < -0.3 is 14.3 Å². The van der Waals surface area contributed by atoms with Crippen molar-refractivity contribution in [3.8, 4) is 0 Å². The van der Waals surface area contributed by atoms with Gasteiger partial charge in [0.25, 0.3) is 5.91 Å². The number of amides is 1. The van der Waals surface area contributed by atoms with Crippen LogP contribution in [0.2, 0.25) is 0 Å². The average molecular weight is 346 g/mol. The Balaban J connectivity index is 1.50. The van der Waals surface area contributed by atoms with Crippen molar-refractivity contribution < 1.29 is 9.21 Å². The van der Waals surface area contributed by atoms with Crippen molar-refractivity contribution in [1.29, 1.82) is 0 Å². The number of nitrogens with zero attached hydrogens (tertiary/aromatic N) is 1. The molecule has 26 heavy (non-hydrogen) atoms. The molecular formula is C21H18N2O3. The number of aromatic nitrogens is 1. The highest BCUT2D eigenvalue weighted by molar-refractivity contribution is 5.96. The van der Waals surface area contributed by atoms with E-state index in [0.29, 0.717) is 18.5 Å². The van der Waals surface area contributed by atoms with Crippen molar-refractivity contribution in [3.05, 3.63) is 82.3 Å².